The maximum absolute atomic E-state index is 6.24. The van der Waals surface area contributed by atoms with Crippen molar-refractivity contribution in [3.63, 3.8) is 0 Å². The van der Waals surface area contributed by atoms with Crippen molar-refractivity contribution in [1.29, 1.82) is 0 Å². The number of nitrogens with one attached hydrogen (secondary N) is 1. The number of hydrogen-bond acceptors (Lipinski definition) is 3. The number of fused-ring (bicyclic) bond motifs is 1. The van der Waals surface area contributed by atoms with Crippen LogP contribution in [0.5, 0.6) is 0 Å². The molecule has 1 aliphatic rings. The van der Waals surface area contributed by atoms with E-state index < -0.39 is 0 Å². The fraction of sp³-hybridized carbons (Fsp3) is 0.0476. The summed E-state index contributed by atoms with van der Waals surface area (Å²) in [5.41, 5.74) is 4.72. The summed E-state index contributed by atoms with van der Waals surface area (Å²) in [5.74, 6) is 0.793. The predicted octanol–water partition coefficient (Wildman–Crippen LogP) is 6.10. The van der Waals surface area contributed by atoms with Crippen molar-refractivity contribution in [1.82, 2.24) is 0 Å². The Hall–Kier alpha value is -2.43. The summed E-state index contributed by atoms with van der Waals surface area (Å²) >= 11 is 9.69. The van der Waals surface area contributed by atoms with Gasteiger partial charge >= 0.3 is 0 Å². The van der Waals surface area contributed by atoms with E-state index in [1.807, 2.05) is 60.7 Å². The highest BCUT2D eigenvalue weighted by molar-refractivity contribution is 9.10. The molecule has 5 heteroatoms. The lowest BCUT2D eigenvalue weighted by Crippen LogP contribution is -2.15. The molecule has 128 valence electrons. The van der Waals surface area contributed by atoms with Gasteiger partial charge in [0.2, 0.25) is 0 Å². The van der Waals surface area contributed by atoms with Crippen molar-refractivity contribution in [2.75, 3.05) is 11.9 Å². The largest absolute Gasteiger partial charge is 0.342 e. The molecule has 4 rings (SSSR count). The first kappa shape index (κ1) is 17.0. The summed E-state index contributed by atoms with van der Waals surface area (Å²) in [6.45, 7) is 0.465. The summed E-state index contributed by atoms with van der Waals surface area (Å²) in [6.07, 6.45) is 0. The van der Waals surface area contributed by atoms with Crippen LogP contribution in [0.1, 0.15) is 11.1 Å². The fourth-order valence-corrected chi connectivity index (χ4v) is 3.26. The molecule has 26 heavy (non-hydrogen) atoms. The van der Waals surface area contributed by atoms with Gasteiger partial charge in [-0.15, -0.1) is 0 Å². The highest BCUT2D eigenvalue weighted by Crippen LogP contribution is 2.28. The molecule has 0 spiro atoms. The molecule has 1 aliphatic heterocycles. The topological polar surface area (TPSA) is 36.8 Å². The lowest BCUT2D eigenvalue weighted by molar-refractivity contribution is 1.28. The van der Waals surface area contributed by atoms with Crippen LogP contribution in [-0.2, 0) is 0 Å². The molecular weight excluding hydrogens is 410 g/mol. The quantitative estimate of drug-likeness (QED) is 0.530. The second-order valence-corrected chi connectivity index (χ2v) is 7.23. The molecule has 0 saturated carbocycles. The van der Waals surface area contributed by atoms with Gasteiger partial charge in [0.05, 0.1) is 17.9 Å². The Morgan fingerprint density at radius 2 is 1.69 bits per heavy atom. The van der Waals surface area contributed by atoms with Crippen LogP contribution in [0.15, 0.2) is 87.3 Å². The van der Waals surface area contributed by atoms with Crippen molar-refractivity contribution < 1.29 is 0 Å². The lowest BCUT2D eigenvalue weighted by atomic mass is 10.0. The first-order chi connectivity index (χ1) is 12.7. The third kappa shape index (κ3) is 3.71. The molecule has 0 aromatic heterocycles. The molecule has 0 aliphatic carbocycles. The third-order valence-electron chi connectivity index (χ3n) is 4.04. The van der Waals surface area contributed by atoms with E-state index in [1.165, 1.54) is 0 Å². The first-order valence-electron chi connectivity index (χ1n) is 8.19. The van der Waals surface area contributed by atoms with E-state index in [2.05, 4.69) is 33.4 Å². The van der Waals surface area contributed by atoms with Gasteiger partial charge in [-0.05, 0) is 42.5 Å². The summed E-state index contributed by atoms with van der Waals surface area (Å²) in [5, 5.41) is 4.04. The van der Waals surface area contributed by atoms with Gasteiger partial charge in [0.15, 0.2) is 0 Å². The molecule has 0 unspecified atom stereocenters. The van der Waals surface area contributed by atoms with Crippen molar-refractivity contribution in [3.8, 4) is 0 Å². The molecule has 3 nitrogen and oxygen atoms in total. The normalized spacial score (nSPS) is 13.3. The summed E-state index contributed by atoms with van der Waals surface area (Å²) in [6, 6.07) is 23.8. The van der Waals surface area contributed by atoms with Gasteiger partial charge in [-0.25, -0.2) is 4.99 Å². The molecule has 0 radical (unpaired) electrons. The van der Waals surface area contributed by atoms with Crippen LogP contribution >= 0.6 is 27.5 Å². The van der Waals surface area contributed by atoms with E-state index in [9.17, 15) is 0 Å². The lowest BCUT2D eigenvalue weighted by Gasteiger charge is -2.08. The molecule has 0 saturated heterocycles. The first-order valence-corrected chi connectivity index (χ1v) is 9.36. The number of nitrogens with zero attached hydrogens (tertiary/aromatic N) is 2. The van der Waals surface area contributed by atoms with Crippen LogP contribution in [0.4, 0.5) is 11.4 Å². The second kappa shape index (κ2) is 7.44. The predicted molar refractivity (Wildman–Crippen MR) is 113 cm³/mol. The monoisotopic (exact) mass is 423 g/mol. The third-order valence-corrected chi connectivity index (χ3v) is 4.80. The van der Waals surface area contributed by atoms with E-state index in [4.69, 9.17) is 21.6 Å². The van der Waals surface area contributed by atoms with E-state index >= 15 is 0 Å². The standard InChI is InChI=1S/C21H15BrClN3/c22-15-6-9-17(10-7-15)25-20-13-24-21(14-4-2-1-3-5-14)18-12-16(23)8-11-19(18)26-20/h1-12H,13H2,(H,25,26). The summed E-state index contributed by atoms with van der Waals surface area (Å²) in [7, 11) is 0. The maximum atomic E-state index is 6.24. The zero-order chi connectivity index (χ0) is 17.9. The van der Waals surface area contributed by atoms with Crippen LogP contribution in [0.3, 0.4) is 0 Å². The number of anilines is 1. The molecule has 0 fully saturated rings. The molecule has 3 aromatic rings. The Labute approximate surface area is 165 Å². The number of rotatable bonds is 2. The zero-order valence-electron chi connectivity index (χ0n) is 13.8. The van der Waals surface area contributed by atoms with E-state index in [0.29, 0.717) is 11.6 Å². The number of amidine groups is 1. The van der Waals surface area contributed by atoms with Crippen molar-refractivity contribution in [3.05, 3.63) is 93.4 Å². The molecular formula is C21H15BrClN3. The molecule has 0 atom stereocenters. The minimum Gasteiger partial charge on any atom is -0.342 e. The van der Waals surface area contributed by atoms with Gasteiger partial charge < -0.3 is 5.32 Å². The van der Waals surface area contributed by atoms with Crippen LogP contribution in [0.25, 0.3) is 0 Å². The minimum atomic E-state index is 0.465. The number of aliphatic imine (C=N–C) groups is 2. The van der Waals surface area contributed by atoms with E-state index in [0.717, 1.165) is 38.5 Å². The molecule has 3 aromatic carbocycles. The van der Waals surface area contributed by atoms with Gasteiger partial charge in [-0.1, -0.05) is 57.9 Å². The maximum Gasteiger partial charge on any atom is 0.128 e. The van der Waals surface area contributed by atoms with Gasteiger partial charge in [0.25, 0.3) is 0 Å². The number of halogens is 2. The highest BCUT2D eigenvalue weighted by Gasteiger charge is 2.16. The minimum absolute atomic E-state index is 0.465. The fourth-order valence-electron chi connectivity index (χ4n) is 2.83. The Balaban J connectivity index is 1.75. The Morgan fingerprint density at radius 1 is 0.923 bits per heavy atom. The summed E-state index contributed by atoms with van der Waals surface area (Å²) < 4.78 is 1.04. The zero-order valence-corrected chi connectivity index (χ0v) is 16.1. The molecule has 1 N–H and O–H groups in total. The number of benzene rings is 3. The van der Waals surface area contributed by atoms with Gasteiger partial charge in [-0.2, -0.15) is 0 Å². The van der Waals surface area contributed by atoms with Crippen molar-refractivity contribution >= 4 is 50.5 Å². The second-order valence-electron chi connectivity index (χ2n) is 5.88. The highest BCUT2D eigenvalue weighted by atomic mass is 79.9. The summed E-state index contributed by atoms with van der Waals surface area (Å²) in [4.78, 5) is 9.62. The smallest absolute Gasteiger partial charge is 0.128 e. The Morgan fingerprint density at radius 3 is 2.46 bits per heavy atom. The van der Waals surface area contributed by atoms with Crippen molar-refractivity contribution in [2.24, 2.45) is 9.98 Å². The average molecular weight is 425 g/mol. The number of hydrogen-bond donors (Lipinski definition) is 1. The van der Waals surface area contributed by atoms with Crippen LogP contribution in [0, 0.1) is 0 Å². The molecule has 1 heterocycles. The van der Waals surface area contributed by atoms with E-state index in [1.54, 1.807) is 0 Å². The van der Waals surface area contributed by atoms with Gasteiger partial charge in [0, 0.05) is 26.3 Å². The average Bonchev–Trinajstić information content (AvgIpc) is 2.83. The van der Waals surface area contributed by atoms with Crippen molar-refractivity contribution in [2.45, 2.75) is 0 Å². The Kier molecular flexibility index (Phi) is 4.87. The Bertz CT molecular complexity index is 996. The van der Waals surface area contributed by atoms with Gasteiger partial charge in [0.1, 0.15) is 5.84 Å². The van der Waals surface area contributed by atoms with E-state index in [-0.39, 0.29) is 0 Å². The van der Waals surface area contributed by atoms with Crippen LogP contribution in [-0.4, -0.2) is 18.1 Å². The molecule has 0 bridgehead atoms. The van der Waals surface area contributed by atoms with Crippen LogP contribution in [0.2, 0.25) is 5.02 Å². The van der Waals surface area contributed by atoms with Gasteiger partial charge in [-0.3, -0.25) is 4.99 Å². The SMILES string of the molecule is Clc1ccc2c(c1)C(c1ccccc1)=NCC(Nc1ccc(Br)cc1)=N2. The van der Waals surface area contributed by atoms with Crippen LogP contribution < -0.4 is 5.32 Å². The molecule has 0 amide bonds.